The molecule has 5 heteroatoms. The first-order valence-electron chi connectivity index (χ1n) is 9.56. The van der Waals surface area contributed by atoms with Crippen LogP contribution in [0.15, 0.2) is 42.5 Å². The summed E-state index contributed by atoms with van der Waals surface area (Å²) >= 11 is 12.2. The second-order valence-corrected chi connectivity index (χ2v) is 7.89. The minimum atomic E-state index is 0.685. The number of likely N-dealkylation sites (N-methyl/N-ethyl adjacent to an activating group) is 1. The molecule has 142 valence electrons. The first kappa shape index (κ1) is 18.7. The van der Waals surface area contributed by atoms with Crippen LogP contribution < -0.4 is 4.74 Å². The molecule has 1 aromatic heterocycles. The van der Waals surface area contributed by atoms with Crippen LogP contribution in [0.2, 0.25) is 10.0 Å². The Labute approximate surface area is 170 Å². The number of aryl methyl sites for hydroxylation is 1. The lowest BCUT2D eigenvalue weighted by atomic mass is 10.0. The maximum atomic E-state index is 6.29. The molecule has 2 aromatic carbocycles. The lowest BCUT2D eigenvalue weighted by molar-refractivity contribution is 0.263. The van der Waals surface area contributed by atoms with Gasteiger partial charge in [0.05, 0.1) is 6.61 Å². The predicted molar refractivity (Wildman–Crippen MR) is 113 cm³/mol. The molecule has 0 radical (unpaired) electrons. The number of hydrogen-bond donors (Lipinski definition) is 0. The van der Waals surface area contributed by atoms with Crippen LogP contribution in [0.3, 0.4) is 0 Å². The highest BCUT2D eigenvalue weighted by Gasteiger charge is 2.23. The van der Waals surface area contributed by atoms with Crippen molar-refractivity contribution in [2.24, 2.45) is 0 Å². The third-order valence-corrected chi connectivity index (χ3v) is 5.84. The zero-order chi connectivity index (χ0) is 18.8. The van der Waals surface area contributed by atoms with Gasteiger partial charge in [-0.1, -0.05) is 30.1 Å². The summed E-state index contributed by atoms with van der Waals surface area (Å²) in [5.74, 6) is 0.865. The van der Waals surface area contributed by atoms with Crippen molar-refractivity contribution < 1.29 is 4.74 Å². The van der Waals surface area contributed by atoms with E-state index < -0.39 is 0 Å². The smallest absolute Gasteiger partial charge is 0.119 e. The molecule has 3 aromatic rings. The van der Waals surface area contributed by atoms with E-state index in [1.165, 1.54) is 22.2 Å². The fourth-order valence-corrected chi connectivity index (χ4v) is 4.24. The molecule has 0 aliphatic carbocycles. The third-order valence-electron chi connectivity index (χ3n) is 5.35. The molecule has 0 saturated carbocycles. The Hall–Kier alpha value is -1.68. The molecule has 1 aliphatic rings. The van der Waals surface area contributed by atoms with Gasteiger partial charge in [-0.25, -0.2) is 0 Å². The molecule has 0 N–H and O–H groups in total. The highest BCUT2D eigenvalue weighted by Crippen LogP contribution is 2.33. The normalized spacial score (nSPS) is 14.5. The van der Waals surface area contributed by atoms with Gasteiger partial charge >= 0.3 is 0 Å². The van der Waals surface area contributed by atoms with E-state index in [9.17, 15) is 0 Å². The summed E-state index contributed by atoms with van der Waals surface area (Å²) < 4.78 is 8.34. The molecular weight excluding hydrogens is 379 g/mol. The average molecular weight is 403 g/mol. The van der Waals surface area contributed by atoms with Crippen LogP contribution in [-0.4, -0.2) is 29.2 Å². The van der Waals surface area contributed by atoms with Gasteiger partial charge in [0, 0.05) is 52.7 Å². The first-order chi connectivity index (χ1) is 13.2. The monoisotopic (exact) mass is 402 g/mol. The first-order valence-corrected chi connectivity index (χ1v) is 10.3. The lowest BCUT2D eigenvalue weighted by Crippen LogP contribution is -2.30. The van der Waals surface area contributed by atoms with E-state index in [0.29, 0.717) is 6.61 Å². The Kier molecular flexibility index (Phi) is 5.63. The van der Waals surface area contributed by atoms with Gasteiger partial charge in [0.15, 0.2) is 0 Å². The maximum Gasteiger partial charge on any atom is 0.119 e. The summed E-state index contributed by atoms with van der Waals surface area (Å²) in [6, 6.07) is 13.8. The van der Waals surface area contributed by atoms with Crippen molar-refractivity contribution >= 4 is 34.1 Å². The van der Waals surface area contributed by atoms with Gasteiger partial charge in [-0.3, -0.25) is 4.90 Å². The van der Waals surface area contributed by atoms with Crippen LogP contribution in [-0.2, 0) is 19.5 Å². The van der Waals surface area contributed by atoms with Gasteiger partial charge in [-0.2, -0.15) is 0 Å². The average Bonchev–Trinajstić information content (AvgIpc) is 2.99. The summed E-state index contributed by atoms with van der Waals surface area (Å²) in [4.78, 5) is 2.50. The fourth-order valence-electron chi connectivity index (χ4n) is 3.95. The Balaban J connectivity index is 1.52. The van der Waals surface area contributed by atoms with E-state index in [1.807, 2.05) is 30.3 Å². The van der Waals surface area contributed by atoms with Gasteiger partial charge < -0.3 is 9.30 Å². The van der Waals surface area contributed by atoms with Gasteiger partial charge in [-0.05, 0) is 61.0 Å². The number of nitrogens with zero attached hydrogens (tertiary/aromatic N) is 2. The summed E-state index contributed by atoms with van der Waals surface area (Å²) in [6.45, 7) is 7.08. The standard InChI is InChI=1S/C22H24Cl2N2O/c1-2-25-12-10-22-20(15-25)19-14-17(24)6-9-21(19)26(22)11-3-13-27-18-7-4-16(23)5-8-18/h4-9,14H,2-3,10-13,15H2,1H3. The minimum absolute atomic E-state index is 0.685. The highest BCUT2D eigenvalue weighted by atomic mass is 35.5. The molecule has 2 heterocycles. The number of fused-ring (bicyclic) bond motifs is 3. The highest BCUT2D eigenvalue weighted by molar-refractivity contribution is 6.31. The molecular formula is C22H24Cl2N2O. The number of ether oxygens (including phenoxy) is 1. The van der Waals surface area contributed by atoms with Gasteiger partial charge in [0.25, 0.3) is 0 Å². The quantitative estimate of drug-likeness (QED) is 0.485. The van der Waals surface area contributed by atoms with E-state index >= 15 is 0 Å². The minimum Gasteiger partial charge on any atom is -0.494 e. The Morgan fingerprint density at radius 1 is 1.04 bits per heavy atom. The van der Waals surface area contributed by atoms with E-state index in [0.717, 1.165) is 54.8 Å². The maximum absolute atomic E-state index is 6.29. The SMILES string of the molecule is CCN1CCc2c(c3cc(Cl)ccc3n2CCCOc2ccc(Cl)cc2)C1. The second-order valence-electron chi connectivity index (χ2n) is 7.01. The Bertz CT molecular complexity index is 934. The number of benzene rings is 2. The number of aromatic nitrogens is 1. The molecule has 0 fully saturated rings. The molecule has 0 bridgehead atoms. The zero-order valence-electron chi connectivity index (χ0n) is 15.5. The molecule has 0 saturated heterocycles. The van der Waals surface area contributed by atoms with E-state index in [4.69, 9.17) is 27.9 Å². The fraction of sp³-hybridized carbons (Fsp3) is 0.364. The molecule has 4 rings (SSSR count). The molecule has 1 aliphatic heterocycles. The summed E-state index contributed by atoms with van der Waals surface area (Å²) in [5.41, 5.74) is 4.19. The lowest BCUT2D eigenvalue weighted by Gasteiger charge is -2.27. The van der Waals surface area contributed by atoms with Crippen molar-refractivity contribution in [2.75, 3.05) is 19.7 Å². The Morgan fingerprint density at radius 2 is 1.81 bits per heavy atom. The number of halogens is 2. The van der Waals surface area contributed by atoms with E-state index in [2.05, 4.69) is 28.5 Å². The summed E-state index contributed by atoms with van der Waals surface area (Å²) in [7, 11) is 0. The summed E-state index contributed by atoms with van der Waals surface area (Å²) in [6.07, 6.45) is 2.05. The largest absolute Gasteiger partial charge is 0.494 e. The number of hydrogen-bond acceptors (Lipinski definition) is 2. The van der Waals surface area contributed by atoms with Gasteiger partial charge in [0.2, 0.25) is 0 Å². The van der Waals surface area contributed by atoms with Gasteiger partial charge in [0.1, 0.15) is 5.75 Å². The van der Waals surface area contributed by atoms with Crippen molar-refractivity contribution in [3.05, 3.63) is 63.8 Å². The van der Waals surface area contributed by atoms with Crippen molar-refractivity contribution in [1.82, 2.24) is 9.47 Å². The number of rotatable bonds is 6. The molecule has 0 atom stereocenters. The zero-order valence-corrected chi connectivity index (χ0v) is 17.1. The van der Waals surface area contributed by atoms with E-state index in [-0.39, 0.29) is 0 Å². The molecule has 0 amide bonds. The third kappa shape index (κ3) is 3.96. The van der Waals surface area contributed by atoms with Crippen molar-refractivity contribution in [3.8, 4) is 5.75 Å². The van der Waals surface area contributed by atoms with Crippen LogP contribution in [0.5, 0.6) is 5.75 Å². The Morgan fingerprint density at radius 3 is 2.59 bits per heavy atom. The van der Waals surface area contributed by atoms with Crippen molar-refractivity contribution in [1.29, 1.82) is 0 Å². The van der Waals surface area contributed by atoms with Crippen LogP contribution in [0.25, 0.3) is 10.9 Å². The molecule has 0 spiro atoms. The van der Waals surface area contributed by atoms with E-state index in [1.54, 1.807) is 0 Å². The molecule has 0 unspecified atom stereocenters. The van der Waals surface area contributed by atoms with Crippen molar-refractivity contribution in [2.45, 2.75) is 32.9 Å². The van der Waals surface area contributed by atoms with Crippen molar-refractivity contribution in [3.63, 3.8) is 0 Å². The molecule has 3 nitrogen and oxygen atoms in total. The van der Waals surface area contributed by atoms with Crippen LogP contribution in [0, 0.1) is 0 Å². The topological polar surface area (TPSA) is 17.4 Å². The van der Waals surface area contributed by atoms with Crippen LogP contribution >= 0.6 is 23.2 Å². The van der Waals surface area contributed by atoms with Crippen LogP contribution in [0.1, 0.15) is 24.6 Å². The summed E-state index contributed by atoms with van der Waals surface area (Å²) in [5, 5.41) is 2.84. The molecule has 27 heavy (non-hydrogen) atoms. The second kappa shape index (κ2) is 8.14. The predicted octanol–water partition coefficient (Wildman–Crippen LogP) is 5.80. The van der Waals surface area contributed by atoms with Crippen LogP contribution in [0.4, 0.5) is 0 Å². The van der Waals surface area contributed by atoms with Gasteiger partial charge in [-0.15, -0.1) is 0 Å².